The molecule has 1 aliphatic rings. The topological polar surface area (TPSA) is 46.3 Å². The van der Waals surface area contributed by atoms with Crippen molar-refractivity contribution in [1.82, 2.24) is 19.2 Å². The number of benzene rings is 2. The molecule has 0 atom stereocenters. The second kappa shape index (κ2) is 10.3. The first-order chi connectivity index (χ1) is 16.7. The van der Waals surface area contributed by atoms with Gasteiger partial charge in [0.05, 0.1) is 11.4 Å². The maximum Gasteiger partial charge on any atom is 0.267 e. The van der Waals surface area contributed by atoms with Crippen LogP contribution in [-0.4, -0.2) is 52.0 Å². The van der Waals surface area contributed by atoms with E-state index in [0.29, 0.717) is 11.6 Å². The number of para-hydroxylation sites is 1. The predicted octanol–water partition coefficient (Wildman–Crippen LogP) is 4.57. The van der Waals surface area contributed by atoms with Gasteiger partial charge in [-0.2, -0.15) is 0 Å². The van der Waals surface area contributed by atoms with Gasteiger partial charge in [0, 0.05) is 62.1 Å². The Kier molecular flexibility index (Phi) is 6.79. The van der Waals surface area contributed by atoms with Crippen molar-refractivity contribution in [2.75, 3.05) is 37.6 Å². The normalized spacial score (nSPS) is 14.4. The zero-order chi connectivity index (χ0) is 23.3. The Balaban J connectivity index is 1.29. The van der Waals surface area contributed by atoms with Gasteiger partial charge >= 0.3 is 0 Å². The molecule has 1 aliphatic heterocycles. The van der Waals surface area contributed by atoms with Crippen LogP contribution in [0.4, 0.5) is 5.82 Å². The fourth-order valence-electron chi connectivity index (χ4n) is 4.55. The number of hydrogen-bond acceptors (Lipinski definition) is 4. The number of anilines is 1. The Bertz CT molecular complexity index is 1260. The highest BCUT2D eigenvalue weighted by Crippen LogP contribution is 2.24. The van der Waals surface area contributed by atoms with Gasteiger partial charge in [0.15, 0.2) is 0 Å². The Labute approximate surface area is 204 Å². The smallest absolute Gasteiger partial charge is 0.267 e. The lowest BCUT2D eigenvalue weighted by Crippen LogP contribution is -2.47. The molecule has 6 nitrogen and oxygen atoms in total. The largest absolute Gasteiger partial charge is 0.354 e. The van der Waals surface area contributed by atoms with Gasteiger partial charge in [-0.15, -0.1) is 0 Å². The van der Waals surface area contributed by atoms with E-state index in [1.54, 1.807) is 6.07 Å². The Morgan fingerprint density at radius 3 is 2.26 bits per heavy atom. The SMILES string of the molecule is O=c1cc(-c2ccc(Cl)cc2)n(-c2ccccc2)n1CCCN1CCN(c2ccccn2)CC1. The summed E-state index contributed by atoms with van der Waals surface area (Å²) < 4.78 is 3.88. The Hall–Kier alpha value is -3.35. The molecule has 1 saturated heterocycles. The maximum atomic E-state index is 13.0. The van der Waals surface area contributed by atoms with Crippen LogP contribution in [0.1, 0.15) is 6.42 Å². The van der Waals surface area contributed by atoms with Gasteiger partial charge < -0.3 is 4.90 Å². The van der Waals surface area contributed by atoms with E-state index in [1.807, 2.05) is 82.3 Å². The van der Waals surface area contributed by atoms with Crippen molar-refractivity contribution in [3.8, 4) is 16.9 Å². The van der Waals surface area contributed by atoms with Gasteiger partial charge in [-0.1, -0.05) is 48.0 Å². The minimum absolute atomic E-state index is 0.00812. The summed E-state index contributed by atoms with van der Waals surface area (Å²) in [5, 5.41) is 0.680. The van der Waals surface area contributed by atoms with Crippen LogP contribution in [0.3, 0.4) is 0 Å². The summed E-state index contributed by atoms with van der Waals surface area (Å²) in [5.41, 5.74) is 2.82. The molecule has 174 valence electrons. The molecular formula is C27H28ClN5O. The first-order valence-electron chi connectivity index (χ1n) is 11.7. The molecular weight excluding hydrogens is 446 g/mol. The van der Waals surface area contributed by atoms with E-state index in [-0.39, 0.29) is 5.56 Å². The zero-order valence-corrected chi connectivity index (χ0v) is 19.8. The van der Waals surface area contributed by atoms with E-state index in [2.05, 4.69) is 20.9 Å². The maximum absolute atomic E-state index is 13.0. The van der Waals surface area contributed by atoms with Crippen molar-refractivity contribution >= 4 is 17.4 Å². The summed E-state index contributed by atoms with van der Waals surface area (Å²) in [6, 6.07) is 25.5. The summed E-state index contributed by atoms with van der Waals surface area (Å²) in [4.78, 5) is 22.3. The van der Waals surface area contributed by atoms with Crippen LogP contribution in [-0.2, 0) is 6.54 Å². The number of aromatic nitrogens is 3. The van der Waals surface area contributed by atoms with Crippen molar-refractivity contribution in [3.63, 3.8) is 0 Å². The van der Waals surface area contributed by atoms with Gasteiger partial charge in [0.25, 0.3) is 5.56 Å². The number of hydrogen-bond donors (Lipinski definition) is 0. The summed E-state index contributed by atoms with van der Waals surface area (Å²) in [5.74, 6) is 1.05. The van der Waals surface area contributed by atoms with E-state index in [1.165, 1.54) is 0 Å². The van der Waals surface area contributed by atoms with E-state index in [4.69, 9.17) is 11.6 Å². The fourth-order valence-corrected chi connectivity index (χ4v) is 4.68. The predicted molar refractivity (Wildman–Crippen MR) is 138 cm³/mol. The van der Waals surface area contributed by atoms with Crippen molar-refractivity contribution in [3.05, 3.63) is 100 Å². The van der Waals surface area contributed by atoms with Crippen molar-refractivity contribution < 1.29 is 0 Å². The molecule has 2 aromatic carbocycles. The molecule has 34 heavy (non-hydrogen) atoms. The minimum atomic E-state index is 0.00812. The van der Waals surface area contributed by atoms with Crippen LogP contribution in [0.15, 0.2) is 89.9 Å². The van der Waals surface area contributed by atoms with Gasteiger partial charge in [-0.3, -0.25) is 14.4 Å². The number of halogens is 1. The molecule has 7 heteroatoms. The van der Waals surface area contributed by atoms with Crippen LogP contribution in [0.25, 0.3) is 16.9 Å². The quantitative estimate of drug-likeness (QED) is 0.394. The molecule has 0 amide bonds. The molecule has 0 bridgehead atoms. The average Bonchev–Trinajstić information content (AvgIpc) is 3.22. The number of rotatable bonds is 7. The Morgan fingerprint density at radius 1 is 0.824 bits per heavy atom. The van der Waals surface area contributed by atoms with E-state index in [9.17, 15) is 4.79 Å². The van der Waals surface area contributed by atoms with E-state index in [0.717, 1.165) is 61.9 Å². The van der Waals surface area contributed by atoms with Crippen molar-refractivity contribution in [2.45, 2.75) is 13.0 Å². The minimum Gasteiger partial charge on any atom is -0.354 e. The summed E-state index contributed by atoms with van der Waals surface area (Å²) >= 11 is 6.09. The van der Waals surface area contributed by atoms with Crippen LogP contribution in [0.5, 0.6) is 0 Å². The first-order valence-corrected chi connectivity index (χ1v) is 12.1. The van der Waals surface area contributed by atoms with Crippen LogP contribution in [0, 0.1) is 0 Å². The highest BCUT2D eigenvalue weighted by Gasteiger charge is 2.19. The molecule has 3 heterocycles. The first kappa shape index (κ1) is 22.4. The molecule has 0 spiro atoms. The van der Waals surface area contributed by atoms with Crippen LogP contribution in [0.2, 0.25) is 5.02 Å². The lowest BCUT2D eigenvalue weighted by atomic mass is 10.1. The molecule has 5 rings (SSSR count). The number of piperazine rings is 1. The van der Waals surface area contributed by atoms with E-state index >= 15 is 0 Å². The summed E-state index contributed by atoms with van der Waals surface area (Å²) in [6.45, 7) is 5.55. The Morgan fingerprint density at radius 2 is 1.56 bits per heavy atom. The molecule has 0 N–H and O–H groups in total. The number of nitrogens with zero attached hydrogens (tertiary/aromatic N) is 5. The van der Waals surface area contributed by atoms with Crippen molar-refractivity contribution in [1.29, 1.82) is 0 Å². The van der Waals surface area contributed by atoms with Gasteiger partial charge in [0.1, 0.15) is 5.82 Å². The standard InChI is InChI=1S/C27H28ClN5O/c28-23-12-10-22(11-13-23)25-21-27(34)32(33(25)24-7-2-1-3-8-24)16-6-15-30-17-19-31(20-18-30)26-9-4-5-14-29-26/h1-5,7-14,21H,6,15-20H2. The zero-order valence-electron chi connectivity index (χ0n) is 19.1. The highest BCUT2D eigenvalue weighted by atomic mass is 35.5. The average molecular weight is 474 g/mol. The molecule has 0 unspecified atom stereocenters. The van der Waals surface area contributed by atoms with E-state index < -0.39 is 0 Å². The third-order valence-corrected chi connectivity index (χ3v) is 6.57. The van der Waals surface area contributed by atoms with Crippen molar-refractivity contribution in [2.24, 2.45) is 0 Å². The van der Waals surface area contributed by atoms with Gasteiger partial charge in [-0.05, 0) is 42.8 Å². The van der Waals surface area contributed by atoms with Crippen LogP contribution >= 0.6 is 11.6 Å². The lowest BCUT2D eigenvalue weighted by Gasteiger charge is -2.35. The number of pyridine rings is 1. The van der Waals surface area contributed by atoms with Gasteiger partial charge in [-0.25, -0.2) is 9.67 Å². The second-order valence-electron chi connectivity index (χ2n) is 8.52. The highest BCUT2D eigenvalue weighted by molar-refractivity contribution is 6.30. The lowest BCUT2D eigenvalue weighted by molar-refractivity contribution is 0.247. The molecule has 0 saturated carbocycles. The molecule has 4 aromatic rings. The monoisotopic (exact) mass is 473 g/mol. The molecule has 1 fully saturated rings. The molecule has 0 radical (unpaired) electrons. The third kappa shape index (κ3) is 4.93. The molecule has 0 aliphatic carbocycles. The summed E-state index contributed by atoms with van der Waals surface area (Å²) in [7, 11) is 0. The second-order valence-corrected chi connectivity index (χ2v) is 8.95. The molecule has 2 aromatic heterocycles. The van der Waals surface area contributed by atoms with Crippen LogP contribution < -0.4 is 10.5 Å². The summed E-state index contributed by atoms with van der Waals surface area (Å²) in [6.07, 6.45) is 2.75. The third-order valence-electron chi connectivity index (χ3n) is 6.31. The van der Waals surface area contributed by atoms with Gasteiger partial charge in [0.2, 0.25) is 0 Å². The fraction of sp³-hybridized carbons (Fsp3) is 0.259.